The predicted molar refractivity (Wildman–Crippen MR) is 101 cm³/mol. The fraction of sp³-hybridized carbons (Fsp3) is 0.400. The number of likely N-dealkylation sites (tertiary alicyclic amines) is 1. The first-order valence-corrected chi connectivity index (χ1v) is 8.79. The van der Waals surface area contributed by atoms with Gasteiger partial charge in [-0.25, -0.2) is 9.59 Å². The Labute approximate surface area is 159 Å². The molecule has 0 aromatic heterocycles. The smallest absolute Gasteiger partial charge is 0.328 e. The molecule has 0 amide bonds. The van der Waals surface area contributed by atoms with Gasteiger partial charge < -0.3 is 10.2 Å². The van der Waals surface area contributed by atoms with Crippen LogP contribution in [0.5, 0.6) is 0 Å². The zero-order valence-corrected chi connectivity index (χ0v) is 15.5. The molecule has 1 aromatic rings. The van der Waals surface area contributed by atoms with E-state index in [-0.39, 0.29) is 5.41 Å². The number of rotatable bonds is 4. The summed E-state index contributed by atoms with van der Waals surface area (Å²) in [5, 5.41) is 17.5. The molecular formula is C20H26N2O5. The zero-order chi connectivity index (χ0) is 19.9. The van der Waals surface area contributed by atoms with Crippen LogP contribution in [0, 0.1) is 5.41 Å². The Balaban J connectivity index is 0.000000279. The molecule has 7 nitrogen and oxygen atoms in total. The molecule has 0 radical (unpaired) electrons. The van der Waals surface area contributed by atoms with Gasteiger partial charge in [-0.2, -0.15) is 0 Å². The molecule has 0 unspecified atom stereocenters. The van der Waals surface area contributed by atoms with Gasteiger partial charge in [0.1, 0.15) is 0 Å². The lowest BCUT2D eigenvalue weighted by Gasteiger charge is -2.38. The average Bonchev–Trinajstić information content (AvgIpc) is 2.92. The highest BCUT2D eigenvalue weighted by Gasteiger charge is 2.43. The van der Waals surface area contributed by atoms with E-state index in [9.17, 15) is 9.59 Å². The van der Waals surface area contributed by atoms with Gasteiger partial charge in [0.25, 0.3) is 0 Å². The van der Waals surface area contributed by atoms with Crippen molar-refractivity contribution in [1.29, 1.82) is 0 Å². The number of aliphatic carboxylic acids is 2. The average molecular weight is 374 g/mol. The second-order valence-electron chi connectivity index (χ2n) is 6.77. The Hall–Kier alpha value is -2.64. The topological polar surface area (TPSA) is 90.3 Å². The summed E-state index contributed by atoms with van der Waals surface area (Å²) < 4.78 is 0. The largest absolute Gasteiger partial charge is 0.478 e. The number of benzene rings is 1. The van der Waals surface area contributed by atoms with E-state index in [2.05, 4.69) is 41.8 Å². The molecule has 1 aromatic carbocycles. The summed E-state index contributed by atoms with van der Waals surface area (Å²) in [6.07, 6.45) is 3.43. The van der Waals surface area contributed by atoms with E-state index < -0.39 is 11.9 Å². The van der Waals surface area contributed by atoms with Crippen LogP contribution < -0.4 is 0 Å². The van der Waals surface area contributed by atoms with E-state index in [1.165, 1.54) is 5.56 Å². The molecule has 0 aliphatic carbocycles. The SMILES string of the molecule is C=C1N(C)OCC12CCN(Cc1ccccc1)CC2.O=C(O)/C=C\C(=O)O. The summed E-state index contributed by atoms with van der Waals surface area (Å²) >= 11 is 0. The summed E-state index contributed by atoms with van der Waals surface area (Å²) in [6, 6.07) is 10.7. The van der Waals surface area contributed by atoms with Gasteiger partial charge in [0.2, 0.25) is 0 Å². The number of hydrogen-bond acceptors (Lipinski definition) is 5. The van der Waals surface area contributed by atoms with Gasteiger partial charge in [0.15, 0.2) is 0 Å². The lowest BCUT2D eigenvalue weighted by atomic mass is 9.77. The Bertz CT molecular complexity index is 678. The van der Waals surface area contributed by atoms with E-state index in [0.29, 0.717) is 12.2 Å². The molecule has 1 spiro atoms. The van der Waals surface area contributed by atoms with Crippen LogP contribution in [-0.4, -0.2) is 58.9 Å². The standard InChI is InChI=1S/C16H22N2O.C4H4O4/c1-14-16(13-19-17(14)2)8-10-18(11-9-16)12-15-6-4-3-5-7-15;5-3(6)1-2-4(7)8/h3-7H,1,8-13H2,2H3;1-2H,(H,5,6)(H,7,8)/b;2-1-. The summed E-state index contributed by atoms with van der Waals surface area (Å²) in [7, 11) is 1.97. The Morgan fingerprint density at radius 1 is 1.15 bits per heavy atom. The van der Waals surface area contributed by atoms with Gasteiger partial charge in [0.05, 0.1) is 6.61 Å². The number of hydrogen-bond donors (Lipinski definition) is 2. The van der Waals surface area contributed by atoms with E-state index in [1.54, 1.807) is 0 Å². The predicted octanol–water partition coefficient (Wildman–Crippen LogP) is 2.37. The highest BCUT2D eigenvalue weighted by molar-refractivity contribution is 5.89. The van der Waals surface area contributed by atoms with Gasteiger partial charge in [-0.3, -0.25) is 14.8 Å². The van der Waals surface area contributed by atoms with E-state index in [0.717, 1.165) is 44.8 Å². The number of nitrogens with zero attached hydrogens (tertiary/aromatic N) is 2. The lowest BCUT2D eigenvalue weighted by Crippen LogP contribution is -2.41. The molecule has 3 rings (SSSR count). The minimum absolute atomic E-state index is 0.196. The number of carboxylic acids is 2. The second kappa shape index (κ2) is 9.34. The number of carbonyl (C=O) groups is 2. The van der Waals surface area contributed by atoms with Gasteiger partial charge >= 0.3 is 11.9 Å². The fourth-order valence-corrected chi connectivity index (χ4v) is 3.27. The van der Waals surface area contributed by atoms with Crippen molar-refractivity contribution >= 4 is 11.9 Å². The van der Waals surface area contributed by atoms with Crippen LogP contribution in [0.1, 0.15) is 18.4 Å². The summed E-state index contributed by atoms with van der Waals surface area (Å²) in [6.45, 7) is 8.33. The van der Waals surface area contributed by atoms with Crippen molar-refractivity contribution < 1.29 is 24.6 Å². The van der Waals surface area contributed by atoms with E-state index in [1.807, 2.05) is 12.1 Å². The van der Waals surface area contributed by atoms with Crippen molar-refractivity contribution in [2.24, 2.45) is 5.41 Å². The molecule has 2 saturated heterocycles. The van der Waals surface area contributed by atoms with Crippen molar-refractivity contribution in [1.82, 2.24) is 9.96 Å². The summed E-state index contributed by atoms with van der Waals surface area (Å²) in [5.74, 6) is -2.51. The first-order valence-electron chi connectivity index (χ1n) is 8.79. The molecule has 146 valence electrons. The highest BCUT2D eigenvalue weighted by Crippen LogP contribution is 2.44. The van der Waals surface area contributed by atoms with Crippen LogP contribution in [0.3, 0.4) is 0 Å². The molecule has 2 aliphatic heterocycles. The zero-order valence-electron chi connectivity index (χ0n) is 15.5. The van der Waals surface area contributed by atoms with Crippen molar-refractivity contribution in [3.8, 4) is 0 Å². The molecule has 0 bridgehead atoms. The lowest BCUT2D eigenvalue weighted by molar-refractivity contribution is -0.134. The maximum atomic E-state index is 9.55. The quantitative estimate of drug-likeness (QED) is 0.782. The third-order valence-electron chi connectivity index (χ3n) is 4.96. The monoisotopic (exact) mass is 374 g/mol. The van der Waals surface area contributed by atoms with Gasteiger partial charge in [-0.15, -0.1) is 0 Å². The molecular weight excluding hydrogens is 348 g/mol. The molecule has 0 atom stereocenters. The first kappa shape index (κ1) is 20.7. The maximum Gasteiger partial charge on any atom is 0.328 e. The van der Waals surface area contributed by atoms with Crippen molar-refractivity contribution in [2.45, 2.75) is 19.4 Å². The highest BCUT2D eigenvalue weighted by atomic mass is 16.7. The molecule has 0 saturated carbocycles. The molecule has 2 heterocycles. The number of piperidine rings is 1. The van der Waals surface area contributed by atoms with Crippen LogP contribution in [0.15, 0.2) is 54.8 Å². The molecule has 2 aliphatic rings. The third kappa shape index (κ3) is 5.94. The van der Waals surface area contributed by atoms with Gasteiger partial charge in [0, 0.05) is 36.9 Å². The minimum Gasteiger partial charge on any atom is -0.478 e. The van der Waals surface area contributed by atoms with E-state index in [4.69, 9.17) is 15.1 Å². The van der Waals surface area contributed by atoms with Crippen molar-refractivity contribution in [2.75, 3.05) is 26.7 Å². The number of hydroxylamine groups is 2. The van der Waals surface area contributed by atoms with Gasteiger partial charge in [-0.1, -0.05) is 36.9 Å². The van der Waals surface area contributed by atoms with Crippen LogP contribution >= 0.6 is 0 Å². The first-order chi connectivity index (χ1) is 12.8. The molecule has 2 N–H and O–H groups in total. The van der Waals surface area contributed by atoms with E-state index >= 15 is 0 Å². The molecule has 7 heteroatoms. The second-order valence-corrected chi connectivity index (χ2v) is 6.77. The summed E-state index contributed by atoms with van der Waals surface area (Å²) in [4.78, 5) is 27.3. The van der Waals surface area contributed by atoms with Crippen LogP contribution in [-0.2, 0) is 21.0 Å². The molecule has 27 heavy (non-hydrogen) atoms. The van der Waals surface area contributed by atoms with Gasteiger partial charge in [-0.05, 0) is 31.5 Å². The Kier molecular flexibility index (Phi) is 7.15. The van der Waals surface area contributed by atoms with Crippen LogP contribution in [0.4, 0.5) is 0 Å². The minimum atomic E-state index is -1.26. The third-order valence-corrected chi connectivity index (χ3v) is 4.96. The van der Waals surface area contributed by atoms with Crippen LogP contribution in [0.25, 0.3) is 0 Å². The normalized spacial score (nSPS) is 19.1. The maximum absolute atomic E-state index is 9.55. The summed E-state index contributed by atoms with van der Waals surface area (Å²) in [5.41, 5.74) is 2.76. The fourth-order valence-electron chi connectivity index (χ4n) is 3.27. The molecule has 2 fully saturated rings. The Morgan fingerprint density at radius 3 is 2.15 bits per heavy atom. The van der Waals surface area contributed by atoms with Crippen molar-refractivity contribution in [3.63, 3.8) is 0 Å². The van der Waals surface area contributed by atoms with Crippen LogP contribution in [0.2, 0.25) is 0 Å². The number of carboxylic acid groups (broad SMARTS) is 2. The van der Waals surface area contributed by atoms with Crippen molar-refractivity contribution in [3.05, 3.63) is 60.3 Å². The Morgan fingerprint density at radius 2 is 1.70 bits per heavy atom.